The number of hydrogen-bond acceptors (Lipinski definition) is 7. The van der Waals surface area contributed by atoms with Gasteiger partial charge in [-0.05, 0) is 57.4 Å². The molecule has 37 heavy (non-hydrogen) atoms. The number of nitrogens with two attached hydrogens (primary N) is 1. The van der Waals surface area contributed by atoms with Crippen molar-refractivity contribution < 1.29 is 24.2 Å². The van der Waals surface area contributed by atoms with Crippen molar-refractivity contribution in [1.82, 2.24) is 25.3 Å². The second-order valence-corrected chi connectivity index (χ2v) is 9.41. The van der Waals surface area contributed by atoms with E-state index >= 15 is 0 Å². The zero-order valence-corrected chi connectivity index (χ0v) is 21.6. The van der Waals surface area contributed by atoms with Gasteiger partial charge in [-0.1, -0.05) is 6.92 Å². The number of nitrogens with zero attached hydrogens (tertiary/aromatic N) is 4. The van der Waals surface area contributed by atoms with Crippen LogP contribution in [0, 0.1) is 0 Å². The van der Waals surface area contributed by atoms with Gasteiger partial charge in [-0.3, -0.25) is 9.48 Å². The van der Waals surface area contributed by atoms with Gasteiger partial charge in [0, 0.05) is 44.7 Å². The largest absolute Gasteiger partial charge is 0.465 e. The Labute approximate surface area is 217 Å². The molecule has 0 spiro atoms. The molecule has 0 aromatic carbocycles. The van der Waals surface area contributed by atoms with Crippen molar-refractivity contribution in [2.45, 2.75) is 77.4 Å². The number of carbonyl (C=O) groups is 3. The van der Waals surface area contributed by atoms with Gasteiger partial charge in [0.05, 0.1) is 11.9 Å². The Morgan fingerprint density at radius 1 is 1.16 bits per heavy atom. The number of carbonyl (C=O) groups excluding carboxylic acids is 2. The molecule has 2 aliphatic rings. The lowest BCUT2D eigenvalue weighted by atomic mass is 9.96. The van der Waals surface area contributed by atoms with Crippen molar-refractivity contribution >= 4 is 35.7 Å². The first-order valence-corrected chi connectivity index (χ1v) is 13.2. The van der Waals surface area contributed by atoms with Gasteiger partial charge < -0.3 is 31.1 Å². The molecule has 1 aliphatic heterocycles. The summed E-state index contributed by atoms with van der Waals surface area (Å²) in [6.45, 7) is 4.58. The molecule has 1 aromatic heterocycles. The summed E-state index contributed by atoms with van der Waals surface area (Å²) in [4.78, 5) is 42.2. The summed E-state index contributed by atoms with van der Waals surface area (Å²) in [5.74, 6) is 0.256. The Hall–Kier alpha value is -3.57. The number of ether oxygens (including phenoxy) is 1. The minimum absolute atomic E-state index is 0.0414. The highest BCUT2D eigenvalue weighted by molar-refractivity contribution is 6.05. The molecule has 3 rings (SSSR count). The van der Waals surface area contributed by atoms with Gasteiger partial charge in [-0.25, -0.2) is 14.6 Å². The van der Waals surface area contributed by atoms with Crippen LogP contribution in [0.5, 0.6) is 0 Å². The van der Waals surface area contributed by atoms with Crippen LogP contribution in [-0.2, 0) is 16.1 Å². The molecule has 0 saturated heterocycles. The van der Waals surface area contributed by atoms with Gasteiger partial charge in [0.15, 0.2) is 0 Å². The second-order valence-electron chi connectivity index (χ2n) is 9.41. The van der Waals surface area contributed by atoms with Crippen molar-refractivity contribution in [2.75, 3.05) is 26.2 Å². The monoisotopic (exact) mass is 517 g/mol. The van der Waals surface area contributed by atoms with Crippen molar-refractivity contribution in [3.8, 4) is 0 Å². The standard InChI is InChI=1S/C25H39N7O5/c1-2-12-31(13-7-11-28-25(36)37-19-8-6-9-19)23(33)18-15-21-20(30-22(26)16-18)17-29-32(21)14-5-3-4-10-27-24(34)35/h15,17,19,27H,2-14,16H2,1H3,(H2,26,30)(H,28,36)(H,34,35). The fourth-order valence-electron chi connectivity index (χ4n) is 4.23. The molecule has 1 aromatic rings. The first kappa shape index (κ1) is 28.0. The highest BCUT2D eigenvalue weighted by Gasteiger charge is 2.24. The smallest absolute Gasteiger partial charge is 0.407 e. The highest BCUT2D eigenvalue weighted by Crippen LogP contribution is 2.27. The van der Waals surface area contributed by atoms with Gasteiger partial charge in [0.25, 0.3) is 0 Å². The Kier molecular flexibility index (Phi) is 10.8. The van der Waals surface area contributed by atoms with Crippen LogP contribution in [0.1, 0.15) is 70.4 Å². The Morgan fingerprint density at radius 3 is 2.65 bits per heavy atom. The molecule has 3 amide bonds. The maximum atomic E-state index is 13.5. The number of amides is 3. The van der Waals surface area contributed by atoms with Crippen molar-refractivity contribution in [1.29, 1.82) is 0 Å². The van der Waals surface area contributed by atoms with Crippen molar-refractivity contribution in [2.24, 2.45) is 10.7 Å². The molecule has 0 unspecified atom stereocenters. The molecule has 1 aliphatic carbocycles. The minimum atomic E-state index is -1.02. The zero-order valence-electron chi connectivity index (χ0n) is 21.6. The summed E-state index contributed by atoms with van der Waals surface area (Å²) in [6.07, 6.45) is 9.12. The maximum Gasteiger partial charge on any atom is 0.407 e. The summed E-state index contributed by atoms with van der Waals surface area (Å²) in [7, 11) is 0. The number of unbranched alkanes of at least 4 members (excludes halogenated alkanes) is 2. The zero-order chi connectivity index (χ0) is 26.6. The molecule has 0 radical (unpaired) electrons. The summed E-state index contributed by atoms with van der Waals surface area (Å²) < 4.78 is 7.12. The molecule has 2 heterocycles. The predicted molar refractivity (Wildman–Crippen MR) is 140 cm³/mol. The first-order valence-electron chi connectivity index (χ1n) is 13.2. The molecule has 204 valence electrons. The van der Waals surface area contributed by atoms with E-state index in [1.54, 1.807) is 11.1 Å². The fraction of sp³-hybridized carbons (Fsp3) is 0.640. The molecule has 1 saturated carbocycles. The Balaban J connectivity index is 1.57. The maximum absolute atomic E-state index is 13.5. The molecule has 0 bridgehead atoms. The van der Waals surface area contributed by atoms with E-state index in [4.69, 9.17) is 15.6 Å². The summed E-state index contributed by atoms with van der Waals surface area (Å²) in [6, 6.07) is 0. The third kappa shape index (κ3) is 8.80. The van der Waals surface area contributed by atoms with Crippen LogP contribution in [0.3, 0.4) is 0 Å². The number of aryl methyl sites for hydroxylation is 1. The Bertz CT molecular complexity index is 1000. The third-order valence-corrected chi connectivity index (χ3v) is 6.38. The van der Waals surface area contributed by atoms with E-state index in [2.05, 4.69) is 20.7 Å². The van der Waals surface area contributed by atoms with Gasteiger partial charge in [-0.15, -0.1) is 0 Å². The number of fused-ring (bicyclic) bond motifs is 1. The average Bonchev–Trinajstić information content (AvgIpc) is 3.10. The number of rotatable bonds is 14. The lowest BCUT2D eigenvalue weighted by Gasteiger charge is -2.25. The third-order valence-electron chi connectivity index (χ3n) is 6.38. The molecule has 12 nitrogen and oxygen atoms in total. The quantitative estimate of drug-likeness (QED) is 0.275. The average molecular weight is 518 g/mol. The molecule has 5 N–H and O–H groups in total. The number of carboxylic acid groups (broad SMARTS) is 1. The lowest BCUT2D eigenvalue weighted by Crippen LogP contribution is -2.37. The number of alkyl carbamates (subject to hydrolysis) is 1. The topological polar surface area (TPSA) is 164 Å². The van der Waals surface area contributed by atoms with E-state index in [-0.39, 0.29) is 18.4 Å². The van der Waals surface area contributed by atoms with E-state index < -0.39 is 12.2 Å². The Morgan fingerprint density at radius 2 is 1.95 bits per heavy atom. The highest BCUT2D eigenvalue weighted by atomic mass is 16.6. The SMILES string of the molecule is CCCN(CCCNC(=O)OC1CCC1)C(=O)C1=Cc2c(cnn2CCCCCNC(=O)O)N=C(N)C1. The molecular formula is C25H39N7O5. The van der Waals surface area contributed by atoms with Gasteiger partial charge in [0.2, 0.25) is 5.91 Å². The van der Waals surface area contributed by atoms with Crippen LogP contribution in [0.2, 0.25) is 0 Å². The summed E-state index contributed by atoms with van der Waals surface area (Å²) in [5.41, 5.74) is 8.06. The van der Waals surface area contributed by atoms with E-state index in [0.717, 1.165) is 50.6 Å². The summed E-state index contributed by atoms with van der Waals surface area (Å²) in [5, 5.41) is 18.2. The molecule has 1 fully saturated rings. The van der Waals surface area contributed by atoms with E-state index in [9.17, 15) is 14.4 Å². The molecule has 0 atom stereocenters. The van der Waals surface area contributed by atoms with Crippen LogP contribution in [0.15, 0.2) is 16.8 Å². The predicted octanol–water partition coefficient (Wildman–Crippen LogP) is 3.00. The second kappa shape index (κ2) is 14.2. The van der Waals surface area contributed by atoms with Gasteiger partial charge >= 0.3 is 12.2 Å². The normalized spacial score (nSPS) is 14.9. The number of aromatic nitrogens is 2. The molecule has 12 heteroatoms. The first-order chi connectivity index (χ1) is 17.9. The van der Waals surface area contributed by atoms with Gasteiger partial charge in [0.1, 0.15) is 17.6 Å². The number of amidine groups is 1. The van der Waals surface area contributed by atoms with E-state index in [1.807, 2.05) is 17.7 Å². The van der Waals surface area contributed by atoms with E-state index in [0.29, 0.717) is 56.2 Å². The minimum Gasteiger partial charge on any atom is -0.465 e. The van der Waals surface area contributed by atoms with Gasteiger partial charge in [-0.2, -0.15) is 5.10 Å². The van der Waals surface area contributed by atoms with Crippen LogP contribution in [0.25, 0.3) is 6.08 Å². The van der Waals surface area contributed by atoms with Crippen molar-refractivity contribution in [3.05, 3.63) is 17.5 Å². The van der Waals surface area contributed by atoms with Crippen LogP contribution < -0.4 is 16.4 Å². The fourth-order valence-corrected chi connectivity index (χ4v) is 4.23. The van der Waals surface area contributed by atoms with Crippen LogP contribution in [-0.4, -0.2) is 76.0 Å². The van der Waals surface area contributed by atoms with Crippen molar-refractivity contribution in [3.63, 3.8) is 0 Å². The lowest BCUT2D eigenvalue weighted by molar-refractivity contribution is -0.127. The van der Waals surface area contributed by atoms with Crippen LogP contribution in [0.4, 0.5) is 15.3 Å². The number of hydrogen-bond donors (Lipinski definition) is 4. The van der Waals surface area contributed by atoms with E-state index in [1.165, 1.54) is 0 Å². The molecular weight excluding hydrogens is 478 g/mol. The van der Waals surface area contributed by atoms with Crippen LogP contribution >= 0.6 is 0 Å². The summed E-state index contributed by atoms with van der Waals surface area (Å²) >= 11 is 0. The number of nitrogens with one attached hydrogen (secondary N) is 2. The number of aliphatic imine (C=N–C) groups is 1.